The Morgan fingerprint density at radius 3 is 2.35 bits per heavy atom. The van der Waals surface area contributed by atoms with Gasteiger partial charge in [-0.1, -0.05) is 6.92 Å². The summed E-state index contributed by atoms with van der Waals surface area (Å²) in [5, 5.41) is 11.0. The number of aliphatic hydroxyl groups is 1. The highest BCUT2D eigenvalue weighted by atomic mass is 16.5. The first-order chi connectivity index (χ1) is 7.90. The van der Waals surface area contributed by atoms with E-state index >= 15 is 0 Å². The normalized spacial score (nSPS) is 13.6. The first kappa shape index (κ1) is 15.6. The van der Waals surface area contributed by atoms with E-state index in [4.69, 9.17) is 9.84 Å². The lowest BCUT2D eigenvalue weighted by Crippen LogP contribution is -2.37. The van der Waals surface area contributed by atoms with Gasteiger partial charge in [0.25, 0.3) is 0 Å². The van der Waals surface area contributed by atoms with Crippen LogP contribution in [-0.4, -0.2) is 35.6 Å². The molecule has 98 valence electrons. The van der Waals surface area contributed by atoms with Crippen molar-refractivity contribution in [3.63, 3.8) is 0 Å². The Hall–Kier alpha value is -1.43. The van der Waals surface area contributed by atoms with Gasteiger partial charge >= 0.3 is 5.97 Å². The maximum Gasteiger partial charge on any atom is 0.306 e. The van der Waals surface area contributed by atoms with E-state index in [1.807, 2.05) is 12.2 Å². The molecule has 2 amide bonds. The van der Waals surface area contributed by atoms with Gasteiger partial charge in [-0.15, -0.1) is 0 Å². The zero-order valence-electron chi connectivity index (χ0n) is 10.4. The molecule has 0 bridgehead atoms. The number of amides is 2. The van der Waals surface area contributed by atoms with Gasteiger partial charge < -0.3 is 9.84 Å². The Morgan fingerprint density at radius 1 is 1.35 bits per heavy atom. The fraction of sp³-hybridized carbons (Fsp3) is 0.727. The minimum Gasteiger partial charge on any atom is -0.463 e. The van der Waals surface area contributed by atoms with E-state index in [9.17, 15) is 14.4 Å². The van der Waals surface area contributed by atoms with E-state index in [-0.39, 0.29) is 12.5 Å². The predicted octanol–water partition coefficient (Wildman–Crippen LogP) is -0.0106. The van der Waals surface area contributed by atoms with E-state index in [1.165, 1.54) is 6.92 Å². The second-order valence-corrected chi connectivity index (χ2v) is 3.84. The third-order valence-corrected chi connectivity index (χ3v) is 2.21. The summed E-state index contributed by atoms with van der Waals surface area (Å²) in [6.45, 7) is 4.28. The molecule has 0 fully saturated rings. The Morgan fingerprint density at radius 2 is 1.94 bits per heavy atom. The van der Waals surface area contributed by atoms with Gasteiger partial charge in [-0.2, -0.15) is 0 Å². The highest BCUT2D eigenvalue weighted by molar-refractivity contribution is 5.96. The number of rotatable bonds is 6. The summed E-state index contributed by atoms with van der Waals surface area (Å²) < 4.78 is 4.97. The Balaban J connectivity index is 4.25. The molecule has 2 atom stereocenters. The van der Waals surface area contributed by atoms with E-state index in [1.54, 1.807) is 6.92 Å². The SMILES string of the molecule is CCC(C)OC(=O)CC(CO)C(=O)NC(C)=O. The summed E-state index contributed by atoms with van der Waals surface area (Å²) >= 11 is 0. The molecule has 2 unspecified atom stereocenters. The lowest BCUT2D eigenvalue weighted by molar-refractivity contribution is -0.152. The summed E-state index contributed by atoms with van der Waals surface area (Å²) in [5.41, 5.74) is 0. The van der Waals surface area contributed by atoms with Gasteiger partial charge in [0, 0.05) is 6.92 Å². The summed E-state index contributed by atoms with van der Waals surface area (Å²) in [5.74, 6) is -2.70. The topological polar surface area (TPSA) is 92.7 Å². The zero-order valence-corrected chi connectivity index (χ0v) is 10.4. The molecule has 17 heavy (non-hydrogen) atoms. The predicted molar refractivity (Wildman–Crippen MR) is 59.9 cm³/mol. The van der Waals surface area contributed by atoms with E-state index in [2.05, 4.69) is 0 Å². The molecule has 2 N–H and O–H groups in total. The monoisotopic (exact) mass is 245 g/mol. The molecule has 0 aliphatic carbocycles. The number of nitrogens with one attached hydrogen (secondary N) is 1. The summed E-state index contributed by atoms with van der Waals surface area (Å²) in [4.78, 5) is 33.4. The molecule has 0 aliphatic heterocycles. The number of esters is 1. The molecule has 0 saturated heterocycles. The number of hydrogen-bond donors (Lipinski definition) is 2. The molecule has 6 nitrogen and oxygen atoms in total. The van der Waals surface area contributed by atoms with Crippen LogP contribution in [0.15, 0.2) is 0 Å². The molecule has 6 heteroatoms. The first-order valence-corrected chi connectivity index (χ1v) is 5.52. The van der Waals surface area contributed by atoms with Crippen LogP contribution in [0.4, 0.5) is 0 Å². The highest BCUT2D eigenvalue weighted by Crippen LogP contribution is 2.07. The van der Waals surface area contributed by atoms with Gasteiger partial charge in [0.2, 0.25) is 11.8 Å². The number of ether oxygens (including phenoxy) is 1. The van der Waals surface area contributed by atoms with Crippen molar-refractivity contribution in [3.05, 3.63) is 0 Å². The number of hydrogen-bond acceptors (Lipinski definition) is 5. The number of imide groups is 1. The van der Waals surface area contributed by atoms with Gasteiger partial charge in [0.15, 0.2) is 0 Å². The van der Waals surface area contributed by atoms with Crippen LogP contribution < -0.4 is 5.32 Å². The molecule has 0 aromatic rings. The number of carbonyl (C=O) groups excluding carboxylic acids is 3. The zero-order chi connectivity index (χ0) is 13.4. The third-order valence-electron chi connectivity index (χ3n) is 2.21. The minimum atomic E-state index is -0.949. The Labute approximate surface area is 100 Å². The number of carbonyl (C=O) groups is 3. The van der Waals surface area contributed by atoms with Gasteiger partial charge in [-0.25, -0.2) is 0 Å². The molecule has 0 aromatic heterocycles. The van der Waals surface area contributed by atoms with Crippen LogP contribution in [-0.2, 0) is 19.1 Å². The fourth-order valence-electron chi connectivity index (χ4n) is 1.07. The second-order valence-electron chi connectivity index (χ2n) is 3.84. The molecule has 0 heterocycles. The molecule has 0 radical (unpaired) electrons. The van der Waals surface area contributed by atoms with Crippen LogP contribution in [0, 0.1) is 5.92 Å². The van der Waals surface area contributed by atoms with Crippen LogP contribution in [0.3, 0.4) is 0 Å². The van der Waals surface area contributed by atoms with Crippen molar-refractivity contribution in [1.29, 1.82) is 0 Å². The maximum atomic E-state index is 11.4. The average molecular weight is 245 g/mol. The number of aliphatic hydroxyl groups excluding tert-OH is 1. The summed E-state index contributed by atoms with van der Waals surface area (Å²) in [7, 11) is 0. The molecular formula is C11H19NO5. The molecule has 0 aliphatic rings. The smallest absolute Gasteiger partial charge is 0.306 e. The molecule has 0 aromatic carbocycles. The Kier molecular flexibility index (Phi) is 7.13. The first-order valence-electron chi connectivity index (χ1n) is 5.52. The van der Waals surface area contributed by atoms with Crippen molar-refractivity contribution in [3.8, 4) is 0 Å². The van der Waals surface area contributed by atoms with E-state index < -0.39 is 30.3 Å². The van der Waals surface area contributed by atoms with Crippen molar-refractivity contribution in [2.75, 3.05) is 6.61 Å². The van der Waals surface area contributed by atoms with Crippen LogP contribution >= 0.6 is 0 Å². The van der Waals surface area contributed by atoms with Crippen LogP contribution in [0.1, 0.15) is 33.6 Å². The van der Waals surface area contributed by atoms with Gasteiger partial charge in [0.05, 0.1) is 25.0 Å². The average Bonchev–Trinajstić information content (AvgIpc) is 2.24. The van der Waals surface area contributed by atoms with Gasteiger partial charge in [0.1, 0.15) is 0 Å². The van der Waals surface area contributed by atoms with Crippen molar-refractivity contribution in [2.24, 2.45) is 5.92 Å². The lowest BCUT2D eigenvalue weighted by atomic mass is 10.1. The molecule has 0 spiro atoms. The summed E-state index contributed by atoms with van der Waals surface area (Å²) in [6.07, 6.45) is 0.215. The lowest BCUT2D eigenvalue weighted by Gasteiger charge is -2.15. The quantitative estimate of drug-likeness (QED) is 0.642. The van der Waals surface area contributed by atoms with Crippen molar-refractivity contribution in [1.82, 2.24) is 5.32 Å². The molecular weight excluding hydrogens is 226 g/mol. The van der Waals surface area contributed by atoms with Crippen LogP contribution in [0.5, 0.6) is 0 Å². The van der Waals surface area contributed by atoms with Crippen LogP contribution in [0.25, 0.3) is 0 Å². The van der Waals surface area contributed by atoms with E-state index in [0.717, 1.165) is 0 Å². The van der Waals surface area contributed by atoms with Crippen molar-refractivity contribution in [2.45, 2.75) is 39.7 Å². The third kappa shape index (κ3) is 6.68. The summed E-state index contributed by atoms with van der Waals surface area (Å²) in [6, 6.07) is 0. The van der Waals surface area contributed by atoms with Crippen molar-refractivity contribution >= 4 is 17.8 Å². The fourth-order valence-corrected chi connectivity index (χ4v) is 1.07. The molecule has 0 rings (SSSR count). The highest BCUT2D eigenvalue weighted by Gasteiger charge is 2.23. The maximum absolute atomic E-state index is 11.4. The van der Waals surface area contributed by atoms with Crippen LogP contribution in [0.2, 0.25) is 0 Å². The van der Waals surface area contributed by atoms with Crippen molar-refractivity contribution < 1.29 is 24.2 Å². The van der Waals surface area contributed by atoms with Gasteiger partial charge in [-0.3, -0.25) is 19.7 Å². The Bertz CT molecular complexity index is 290. The standard InChI is InChI=1S/C11H19NO5/c1-4-7(2)17-10(15)5-9(6-13)11(16)12-8(3)14/h7,9,13H,4-6H2,1-3H3,(H,12,14,16). The molecule has 0 saturated carbocycles. The van der Waals surface area contributed by atoms with E-state index in [0.29, 0.717) is 6.42 Å². The van der Waals surface area contributed by atoms with Gasteiger partial charge in [-0.05, 0) is 13.3 Å². The minimum absolute atomic E-state index is 0.224. The second kappa shape index (κ2) is 7.78. The largest absolute Gasteiger partial charge is 0.463 e.